The molecule has 0 radical (unpaired) electrons. The Balaban J connectivity index is 0.000000175. The molecule has 6 aromatic carbocycles. The van der Waals surface area contributed by atoms with Crippen molar-refractivity contribution >= 4 is 45.5 Å². The van der Waals surface area contributed by atoms with Crippen LogP contribution in [0, 0.1) is 27.7 Å². The largest absolute Gasteiger partial charge is 0.495 e. The average molecular weight is 699 g/mol. The third kappa shape index (κ3) is 8.91. The number of methoxy groups -OCH3 is 2. The van der Waals surface area contributed by atoms with Crippen LogP contribution in [-0.2, 0) is 0 Å². The van der Waals surface area contributed by atoms with Crippen molar-refractivity contribution in [1.29, 1.82) is 0 Å². The molecule has 0 amide bonds. The molecule has 0 fully saturated rings. The van der Waals surface area contributed by atoms with Crippen LogP contribution in [-0.4, -0.2) is 14.2 Å². The molecule has 0 aromatic heterocycles. The zero-order chi connectivity index (χ0) is 38.3. The van der Waals surface area contributed by atoms with Gasteiger partial charge in [0.05, 0.1) is 48.3 Å². The van der Waals surface area contributed by atoms with Crippen LogP contribution in [0.15, 0.2) is 97.1 Å². The third-order valence-corrected chi connectivity index (χ3v) is 8.83. The molecule has 10 nitrogen and oxygen atoms in total. The molecule has 6 aromatic rings. The van der Waals surface area contributed by atoms with Gasteiger partial charge in [-0.1, -0.05) is 24.3 Å². The topological polar surface area (TPSA) is 227 Å². The lowest BCUT2D eigenvalue weighted by atomic mass is 9.95. The zero-order valence-corrected chi connectivity index (χ0v) is 30.7. The summed E-state index contributed by atoms with van der Waals surface area (Å²) in [7, 11) is 3.19. The van der Waals surface area contributed by atoms with E-state index in [4.69, 9.17) is 55.3 Å². The molecule has 0 aliphatic heterocycles. The predicted octanol–water partition coefficient (Wildman–Crippen LogP) is 7.97. The lowest BCUT2D eigenvalue weighted by Crippen LogP contribution is -1.97. The molecule has 0 spiro atoms. The molecule has 6 rings (SSSR count). The summed E-state index contributed by atoms with van der Waals surface area (Å²) in [5.74, 6) is 1.31. The Morgan fingerprint density at radius 1 is 0.308 bits per heavy atom. The quantitative estimate of drug-likeness (QED) is 0.0810. The van der Waals surface area contributed by atoms with Gasteiger partial charge in [-0.2, -0.15) is 0 Å². The van der Waals surface area contributed by atoms with Crippen LogP contribution in [0.25, 0.3) is 33.4 Å². The van der Waals surface area contributed by atoms with E-state index in [1.807, 2.05) is 88.4 Å². The maximum Gasteiger partial charge on any atom is 0.142 e. The first-order chi connectivity index (χ1) is 24.6. The Labute approximate surface area is 306 Å². The fraction of sp³-hybridized carbons (Fsp3) is 0.143. The number of hydrogen-bond donors (Lipinski definition) is 8. The molecule has 0 aliphatic carbocycles. The number of nitrogens with two attached hydrogens (primary N) is 8. The molecule has 16 N–H and O–H groups in total. The zero-order valence-electron chi connectivity index (χ0n) is 30.7. The van der Waals surface area contributed by atoms with E-state index < -0.39 is 0 Å². The molecule has 0 heterocycles. The minimum atomic E-state index is 0.563. The van der Waals surface area contributed by atoms with Gasteiger partial charge < -0.3 is 55.3 Å². The molecule has 0 bridgehead atoms. The van der Waals surface area contributed by atoms with Gasteiger partial charge in [0.1, 0.15) is 11.5 Å². The van der Waals surface area contributed by atoms with Crippen LogP contribution in [0.5, 0.6) is 11.5 Å². The summed E-state index contributed by atoms with van der Waals surface area (Å²) in [6.07, 6.45) is 0. The fourth-order valence-electron chi connectivity index (χ4n) is 5.57. The predicted molar refractivity (Wildman–Crippen MR) is 223 cm³/mol. The highest BCUT2D eigenvalue weighted by molar-refractivity contribution is 5.79. The van der Waals surface area contributed by atoms with Crippen LogP contribution in [0.4, 0.5) is 45.5 Å². The van der Waals surface area contributed by atoms with Gasteiger partial charge in [0, 0.05) is 11.4 Å². The van der Waals surface area contributed by atoms with Gasteiger partial charge in [-0.25, -0.2) is 0 Å². The van der Waals surface area contributed by atoms with Crippen molar-refractivity contribution in [3.8, 4) is 44.9 Å². The van der Waals surface area contributed by atoms with Gasteiger partial charge in [-0.05, 0) is 156 Å². The van der Waals surface area contributed by atoms with E-state index in [2.05, 4.69) is 24.3 Å². The smallest absolute Gasteiger partial charge is 0.142 e. The molecule has 0 saturated carbocycles. The van der Waals surface area contributed by atoms with E-state index in [0.717, 1.165) is 55.9 Å². The summed E-state index contributed by atoms with van der Waals surface area (Å²) < 4.78 is 10.4. The highest BCUT2D eigenvalue weighted by Gasteiger charge is 2.09. The van der Waals surface area contributed by atoms with Gasteiger partial charge in [-0.15, -0.1) is 0 Å². The van der Waals surface area contributed by atoms with Gasteiger partial charge in [0.2, 0.25) is 0 Å². The van der Waals surface area contributed by atoms with Crippen molar-refractivity contribution in [3.05, 3.63) is 119 Å². The normalized spacial score (nSPS) is 10.3. The second kappa shape index (κ2) is 16.4. The number of aryl methyl sites for hydroxylation is 4. The first-order valence-electron chi connectivity index (χ1n) is 16.5. The van der Waals surface area contributed by atoms with Gasteiger partial charge in [0.25, 0.3) is 0 Å². The molecule has 270 valence electrons. The second-order valence-electron chi connectivity index (χ2n) is 12.6. The second-order valence-corrected chi connectivity index (χ2v) is 12.6. The summed E-state index contributed by atoms with van der Waals surface area (Å²) in [4.78, 5) is 0. The fourth-order valence-corrected chi connectivity index (χ4v) is 5.57. The molecule has 0 atom stereocenters. The maximum absolute atomic E-state index is 5.99. The van der Waals surface area contributed by atoms with Crippen LogP contribution in [0.3, 0.4) is 0 Å². The van der Waals surface area contributed by atoms with Crippen molar-refractivity contribution in [2.45, 2.75) is 27.7 Å². The first-order valence-corrected chi connectivity index (χ1v) is 16.5. The minimum Gasteiger partial charge on any atom is -0.495 e. The molecular weight excluding hydrogens is 649 g/mol. The minimum absolute atomic E-state index is 0.563. The van der Waals surface area contributed by atoms with Gasteiger partial charge in [-0.3, -0.25) is 0 Å². The van der Waals surface area contributed by atoms with Crippen LogP contribution >= 0.6 is 0 Å². The highest BCUT2D eigenvalue weighted by Crippen LogP contribution is 2.34. The van der Waals surface area contributed by atoms with E-state index in [1.54, 1.807) is 26.4 Å². The Morgan fingerprint density at radius 3 is 0.846 bits per heavy atom. The van der Waals surface area contributed by atoms with Crippen molar-refractivity contribution in [2.24, 2.45) is 0 Å². The average Bonchev–Trinajstić information content (AvgIpc) is 3.12. The van der Waals surface area contributed by atoms with Crippen molar-refractivity contribution in [2.75, 3.05) is 60.1 Å². The standard InChI is InChI=1S/C16H20N2.C14H16N2O2.C12H14N4/c1-9-5-13(6-10(2)15(9)17)14-7-11(3)16(18)12(4)8-14;1-17-13-7-9(3-5-11(13)15)10-4-6-12(16)14(8-10)18-2;13-9-3-1-7(5-11(9)15)8-2-4-10(14)12(16)6-8/h5-8H,17-18H2,1-4H3;3-8H,15-16H2,1-2H3;1-6H,13-16H2. The number of hydrogen-bond acceptors (Lipinski definition) is 10. The van der Waals surface area contributed by atoms with Crippen LogP contribution in [0.2, 0.25) is 0 Å². The highest BCUT2D eigenvalue weighted by atomic mass is 16.5. The maximum atomic E-state index is 5.99. The Hall–Kier alpha value is -6.68. The molecule has 52 heavy (non-hydrogen) atoms. The first kappa shape index (κ1) is 38.1. The van der Waals surface area contributed by atoms with Gasteiger partial charge >= 0.3 is 0 Å². The van der Waals surface area contributed by atoms with E-state index in [-0.39, 0.29) is 0 Å². The summed E-state index contributed by atoms with van der Waals surface area (Å²) in [6.45, 7) is 8.18. The van der Waals surface area contributed by atoms with E-state index in [9.17, 15) is 0 Å². The molecule has 10 heteroatoms. The number of ether oxygens (including phenoxy) is 2. The van der Waals surface area contributed by atoms with Crippen LogP contribution < -0.4 is 55.3 Å². The SMILES string of the molecule is COc1cc(-c2ccc(N)c(OC)c2)ccc1N.Cc1cc(-c2cc(C)c(N)c(C)c2)cc(C)c1N.Nc1ccc(-c2ccc(N)c(N)c2)cc1N. The van der Waals surface area contributed by atoms with Gasteiger partial charge in [0.15, 0.2) is 0 Å². The van der Waals surface area contributed by atoms with E-state index in [1.165, 1.54) is 11.1 Å². The van der Waals surface area contributed by atoms with E-state index >= 15 is 0 Å². The molecule has 0 unspecified atom stereocenters. The lowest BCUT2D eigenvalue weighted by molar-refractivity contribution is 0.416. The molecule has 0 saturated heterocycles. The number of benzene rings is 6. The summed E-state index contributed by atoms with van der Waals surface area (Å²) in [5, 5.41) is 0. The Kier molecular flexibility index (Phi) is 12.0. The van der Waals surface area contributed by atoms with Crippen molar-refractivity contribution in [3.63, 3.8) is 0 Å². The Bertz CT molecular complexity index is 2010. The monoisotopic (exact) mass is 698 g/mol. The lowest BCUT2D eigenvalue weighted by Gasteiger charge is -2.12. The number of nitrogen functional groups attached to an aromatic ring is 8. The molecule has 0 aliphatic rings. The number of rotatable bonds is 5. The van der Waals surface area contributed by atoms with Crippen molar-refractivity contribution in [1.82, 2.24) is 0 Å². The molecular formula is C42H50N8O2. The van der Waals surface area contributed by atoms with Crippen LogP contribution in [0.1, 0.15) is 22.3 Å². The van der Waals surface area contributed by atoms with E-state index in [0.29, 0.717) is 45.6 Å². The summed E-state index contributed by atoms with van der Waals surface area (Å²) >= 11 is 0. The van der Waals surface area contributed by atoms with Crippen molar-refractivity contribution < 1.29 is 9.47 Å². The number of anilines is 8. The summed E-state index contributed by atoms with van der Waals surface area (Å²) in [6, 6.07) is 30.8. The Morgan fingerprint density at radius 2 is 0.577 bits per heavy atom. The summed E-state index contributed by atoms with van der Waals surface area (Å²) in [5.41, 5.74) is 62.4. The third-order valence-electron chi connectivity index (χ3n) is 8.83.